The molecule has 0 aliphatic carbocycles. The second-order valence-electron chi connectivity index (χ2n) is 2.16. The van der Waals surface area contributed by atoms with Crippen LogP contribution in [0, 0.1) is 0 Å². The van der Waals surface area contributed by atoms with E-state index in [0.717, 1.165) is 6.42 Å². The molecule has 1 rings (SSSR count). The molecule has 0 unspecified atom stereocenters. The molecule has 1 heterocycles. The van der Waals surface area contributed by atoms with E-state index >= 15 is 0 Å². The van der Waals surface area contributed by atoms with Gasteiger partial charge in [-0.05, 0) is 6.42 Å². The van der Waals surface area contributed by atoms with Crippen LogP contribution in [0.5, 0.6) is 0 Å². The van der Waals surface area contributed by atoms with Gasteiger partial charge in [-0.2, -0.15) is 0 Å². The summed E-state index contributed by atoms with van der Waals surface area (Å²) in [6, 6.07) is 0.485. The van der Waals surface area contributed by atoms with Gasteiger partial charge >= 0.3 is 0 Å². The van der Waals surface area contributed by atoms with E-state index in [-0.39, 0.29) is 25.3 Å². The molecular weight excluding hydrogens is 106 g/mol. The van der Waals surface area contributed by atoms with Crippen LogP contribution in [0.3, 0.4) is 0 Å². The first kappa shape index (κ1) is 6.01. The number of aliphatic hydroxyl groups excluding tert-OH is 2. The van der Waals surface area contributed by atoms with Gasteiger partial charge in [0.25, 0.3) is 0 Å². The molecule has 1 aliphatic rings. The first-order valence-corrected chi connectivity index (χ1v) is 2.84. The third kappa shape index (κ3) is 0.992. The highest BCUT2D eigenvalue weighted by Crippen LogP contribution is 2.08. The lowest BCUT2D eigenvalue weighted by Gasteiger charge is -2.34. The van der Waals surface area contributed by atoms with E-state index in [0.29, 0.717) is 0 Å². The van der Waals surface area contributed by atoms with Crippen molar-refractivity contribution in [3.8, 4) is 0 Å². The van der Waals surface area contributed by atoms with Crippen LogP contribution in [0.2, 0.25) is 0 Å². The van der Waals surface area contributed by atoms with Crippen LogP contribution >= 0.6 is 0 Å². The van der Waals surface area contributed by atoms with Gasteiger partial charge in [0.15, 0.2) is 0 Å². The predicted molar refractivity (Wildman–Crippen MR) is 29.5 cm³/mol. The molecule has 0 bridgehead atoms. The summed E-state index contributed by atoms with van der Waals surface area (Å²) < 4.78 is 0. The largest absolute Gasteiger partial charge is 0.395 e. The van der Waals surface area contributed by atoms with Crippen molar-refractivity contribution in [3.63, 3.8) is 0 Å². The number of rotatable bonds is 2. The van der Waals surface area contributed by atoms with E-state index in [4.69, 9.17) is 10.2 Å². The molecule has 3 nitrogen and oxygen atoms in total. The minimum atomic E-state index is 0.191. The maximum Gasteiger partial charge on any atom is 0.0585 e. The lowest BCUT2D eigenvalue weighted by Crippen LogP contribution is -2.55. The van der Waals surface area contributed by atoms with Gasteiger partial charge < -0.3 is 15.5 Å². The van der Waals surface area contributed by atoms with Crippen LogP contribution in [0.1, 0.15) is 6.42 Å². The minimum Gasteiger partial charge on any atom is -0.395 e. The van der Waals surface area contributed by atoms with Gasteiger partial charge in [0.2, 0.25) is 0 Å². The molecule has 0 aromatic rings. The van der Waals surface area contributed by atoms with E-state index in [2.05, 4.69) is 5.32 Å². The Labute approximate surface area is 48.3 Å². The predicted octanol–water partition coefficient (Wildman–Crippen LogP) is -1.30. The van der Waals surface area contributed by atoms with E-state index < -0.39 is 0 Å². The Kier molecular flexibility index (Phi) is 1.83. The second-order valence-corrected chi connectivity index (χ2v) is 2.16. The number of hydrogen-bond donors (Lipinski definition) is 3. The standard InChI is InChI=1S/C5H11NO2/c7-2-4-1-5(3-8)6-4/h4-8H,1-3H2/t4-,5+. The highest BCUT2D eigenvalue weighted by molar-refractivity contribution is 4.86. The summed E-state index contributed by atoms with van der Waals surface area (Å²) in [6.45, 7) is 0.382. The van der Waals surface area contributed by atoms with Crippen LogP contribution < -0.4 is 5.32 Å². The smallest absolute Gasteiger partial charge is 0.0585 e. The Morgan fingerprint density at radius 3 is 1.88 bits per heavy atom. The van der Waals surface area contributed by atoms with E-state index in [1.165, 1.54) is 0 Å². The maximum atomic E-state index is 8.46. The molecule has 0 aromatic carbocycles. The van der Waals surface area contributed by atoms with Crippen molar-refractivity contribution in [1.82, 2.24) is 5.32 Å². The Morgan fingerprint density at radius 1 is 1.25 bits per heavy atom. The highest BCUT2D eigenvalue weighted by atomic mass is 16.3. The van der Waals surface area contributed by atoms with Crippen LogP contribution in [0.15, 0.2) is 0 Å². The van der Waals surface area contributed by atoms with Gasteiger partial charge in [-0.3, -0.25) is 0 Å². The Balaban J connectivity index is 2.03. The Bertz CT molecular complexity index is 62.8. The highest BCUT2D eigenvalue weighted by Gasteiger charge is 2.25. The number of nitrogens with one attached hydrogen (secondary N) is 1. The van der Waals surface area contributed by atoms with E-state index in [9.17, 15) is 0 Å². The normalized spacial score (nSPS) is 36.8. The summed E-state index contributed by atoms with van der Waals surface area (Å²) in [6.07, 6.45) is 0.910. The van der Waals surface area contributed by atoms with Crippen molar-refractivity contribution in [2.24, 2.45) is 0 Å². The van der Waals surface area contributed by atoms with Gasteiger partial charge in [-0.15, -0.1) is 0 Å². The third-order valence-corrected chi connectivity index (χ3v) is 1.48. The van der Waals surface area contributed by atoms with Crippen molar-refractivity contribution in [2.45, 2.75) is 18.5 Å². The fourth-order valence-electron chi connectivity index (χ4n) is 0.907. The van der Waals surface area contributed by atoms with Crippen LogP contribution in [0.4, 0.5) is 0 Å². The zero-order valence-electron chi connectivity index (χ0n) is 4.67. The molecule has 8 heavy (non-hydrogen) atoms. The minimum absolute atomic E-state index is 0.191. The third-order valence-electron chi connectivity index (χ3n) is 1.48. The average Bonchev–Trinajstić information content (AvgIpc) is 1.65. The van der Waals surface area contributed by atoms with Crippen molar-refractivity contribution >= 4 is 0 Å². The Hall–Kier alpha value is -0.120. The molecule has 3 N–H and O–H groups in total. The molecule has 0 spiro atoms. The molecule has 48 valence electrons. The molecule has 0 amide bonds. The van der Waals surface area contributed by atoms with Crippen molar-refractivity contribution in [3.05, 3.63) is 0 Å². The lowest BCUT2D eigenvalue weighted by atomic mass is 9.99. The summed E-state index contributed by atoms with van der Waals surface area (Å²) >= 11 is 0. The molecule has 0 aromatic heterocycles. The van der Waals surface area contributed by atoms with Crippen molar-refractivity contribution in [2.75, 3.05) is 13.2 Å². The van der Waals surface area contributed by atoms with E-state index in [1.54, 1.807) is 0 Å². The zero-order chi connectivity index (χ0) is 5.98. The van der Waals surface area contributed by atoms with Crippen molar-refractivity contribution < 1.29 is 10.2 Å². The SMILES string of the molecule is OC[C@@H]1C[C@H](CO)N1. The summed E-state index contributed by atoms with van der Waals surface area (Å²) in [7, 11) is 0. The first-order valence-electron chi connectivity index (χ1n) is 2.84. The molecule has 0 radical (unpaired) electrons. The lowest BCUT2D eigenvalue weighted by molar-refractivity contribution is 0.114. The summed E-state index contributed by atoms with van der Waals surface area (Å²) in [5, 5.41) is 19.9. The van der Waals surface area contributed by atoms with Gasteiger partial charge in [-0.1, -0.05) is 0 Å². The van der Waals surface area contributed by atoms with Crippen LogP contribution in [0.25, 0.3) is 0 Å². The maximum absolute atomic E-state index is 8.46. The number of hydrogen-bond acceptors (Lipinski definition) is 3. The van der Waals surface area contributed by atoms with Gasteiger partial charge in [0.1, 0.15) is 0 Å². The van der Waals surface area contributed by atoms with Gasteiger partial charge in [0, 0.05) is 12.1 Å². The van der Waals surface area contributed by atoms with E-state index in [1.807, 2.05) is 0 Å². The van der Waals surface area contributed by atoms with Crippen LogP contribution in [-0.2, 0) is 0 Å². The molecule has 0 saturated carbocycles. The molecular formula is C5H11NO2. The summed E-state index contributed by atoms with van der Waals surface area (Å²) in [4.78, 5) is 0. The van der Waals surface area contributed by atoms with Crippen molar-refractivity contribution in [1.29, 1.82) is 0 Å². The Morgan fingerprint density at radius 2 is 1.62 bits per heavy atom. The summed E-state index contributed by atoms with van der Waals surface area (Å²) in [5.41, 5.74) is 0. The second kappa shape index (κ2) is 2.44. The molecule has 3 heteroatoms. The topological polar surface area (TPSA) is 52.5 Å². The number of aliphatic hydroxyl groups is 2. The summed E-state index contributed by atoms with van der Waals surface area (Å²) in [5.74, 6) is 0. The molecule has 1 saturated heterocycles. The average molecular weight is 117 g/mol. The monoisotopic (exact) mass is 117 g/mol. The van der Waals surface area contributed by atoms with Gasteiger partial charge in [-0.25, -0.2) is 0 Å². The molecule has 1 fully saturated rings. The molecule has 1 aliphatic heterocycles. The first-order chi connectivity index (χ1) is 3.86. The quantitative estimate of drug-likeness (QED) is 0.421. The molecule has 2 atom stereocenters. The fraction of sp³-hybridized carbons (Fsp3) is 1.00. The van der Waals surface area contributed by atoms with Gasteiger partial charge in [0.05, 0.1) is 13.2 Å². The fourth-order valence-corrected chi connectivity index (χ4v) is 0.907. The van der Waals surface area contributed by atoms with Crippen LogP contribution in [-0.4, -0.2) is 35.5 Å². The zero-order valence-corrected chi connectivity index (χ0v) is 4.67.